The van der Waals surface area contributed by atoms with Crippen LogP contribution in [0.15, 0.2) is 24.4 Å². The van der Waals surface area contributed by atoms with E-state index in [2.05, 4.69) is 20.1 Å². The predicted octanol–water partition coefficient (Wildman–Crippen LogP) is 1.12. The Morgan fingerprint density at radius 1 is 1.33 bits per heavy atom. The number of piperazine rings is 1. The molecule has 0 spiro atoms. The van der Waals surface area contributed by atoms with Crippen molar-refractivity contribution in [2.24, 2.45) is 5.92 Å². The Balaban J connectivity index is 1.63. The Morgan fingerprint density at radius 3 is 2.71 bits per heavy atom. The Bertz CT molecular complexity index is 489. The molecule has 0 saturated carbocycles. The number of aliphatic hydroxyl groups excluding tert-OH is 1. The number of rotatable bonds is 8. The fraction of sp³-hybridized carbons (Fsp3) is 0.667. The van der Waals surface area contributed by atoms with E-state index in [0.29, 0.717) is 13.0 Å². The lowest BCUT2D eigenvalue weighted by Gasteiger charge is -2.35. The fourth-order valence-corrected chi connectivity index (χ4v) is 2.78. The van der Waals surface area contributed by atoms with Gasteiger partial charge in [-0.25, -0.2) is 4.98 Å². The normalized spacial score (nSPS) is 18.2. The van der Waals surface area contributed by atoms with E-state index in [9.17, 15) is 9.90 Å². The zero-order valence-corrected chi connectivity index (χ0v) is 14.8. The van der Waals surface area contributed by atoms with Gasteiger partial charge in [0.1, 0.15) is 5.82 Å². The molecule has 24 heavy (non-hydrogen) atoms. The summed E-state index contributed by atoms with van der Waals surface area (Å²) in [6.07, 6.45) is 2.76. The zero-order chi connectivity index (χ0) is 17.4. The summed E-state index contributed by atoms with van der Waals surface area (Å²) in [7, 11) is 0. The Kier molecular flexibility index (Phi) is 7.46. The van der Waals surface area contributed by atoms with E-state index in [1.807, 2.05) is 38.2 Å². The molecule has 1 aliphatic rings. The van der Waals surface area contributed by atoms with Crippen molar-refractivity contribution in [3.05, 3.63) is 24.4 Å². The average molecular weight is 334 g/mol. The molecule has 6 nitrogen and oxygen atoms in total. The van der Waals surface area contributed by atoms with Crippen LogP contribution in [0.5, 0.6) is 0 Å². The van der Waals surface area contributed by atoms with Crippen LogP contribution in [0.1, 0.15) is 26.7 Å². The summed E-state index contributed by atoms with van der Waals surface area (Å²) in [4.78, 5) is 20.9. The number of hydrogen-bond donors (Lipinski definition) is 2. The number of anilines is 1. The number of pyridine rings is 1. The SMILES string of the molecule is CCC(C)C(O)CNC(=O)CCN1CCN(c2ccccn2)CC1. The van der Waals surface area contributed by atoms with Crippen molar-refractivity contribution >= 4 is 11.7 Å². The van der Waals surface area contributed by atoms with Gasteiger partial charge in [-0.3, -0.25) is 9.69 Å². The second-order valence-corrected chi connectivity index (χ2v) is 6.52. The molecule has 2 atom stereocenters. The molecule has 1 amide bonds. The van der Waals surface area contributed by atoms with E-state index in [1.165, 1.54) is 0 Å². The van der Waals surface area contributed by atoms with Gasteiger partial charge < -0.3 is 15.3 Å². The Labute approximate surface area is 144 Å². The van der Waals surface area contributed by atoms with E-state index in [0.717, 1.165) is 45.0 Å². The number of hydrogen-bond acceptors (Lipinski definition) is 5. The molecule has 0 aliphatic carbocycles. The number of aliphatic hydroxyl groups is 1. The molecule has 134 valence electrons. The van der Waals surface area contributed by atoms with E-state index in [1.54, 1.807) is 0 Å². The van der Waals surface area contributed by atoms with Crippen molar-refractivity contribution in [2.75, 3.05) is 44.2 Å². The van der Waals surface area contributed by atoms with Crippen LogP contribution in [0.4, 0.5) is 5.82 Å². The molecule has 2 N–H and O–H groups in total. The third-order valence-corrected chi connectivity index (χ3v) is 4.81. The standard InChI is InChI=1S/C18H30N4O2/c1-3-15(2)16(23)14-20-18(24)7-9-21-10-12-22(13-11-21)17-6-4-5-8-19-17/h4-6,8,15-16,23H,3,7,9-14H2,1-2H3,(H,20,24). The van der Waals surface area contributed by atoms with Gasteiger partial charge in [0.25, 0.3) is 0 Å². The first-order chi connectivity index (χ1) is 11.6. The van der Waals surface area contributed by atoms with Crippen molar-refractivity contribution in [1.29, 1.82) is 0 Å². The van der Waals surface area contributed by atoms with E-state index in [4.69, 9.17) is 0 Å². The van der Waals surface area contributed by atoms with Crippen LogP contribution in [0.25, 0.3) is 0 Å². The van der Waals surface area contributed by atoms with Gasteiger partial charge in [-0.2, -0.15) is 0 Å². The quantitative estimate of drug-likeness (QED) is 0.745. The van der Waals surface area contributed by atoms with Crippen LogP contribution in [0.3, 0.4) is 0 Å². The van der Waals surface area contributed by atoms with E-state index < -0.39 is 6.10 Å². The highest BCUT2D eigenvalue weighted by atomic mass is 16.3. The summed E-state index contributed by atoms with van der Waals surface area (Å²) < 4.78 is 0. The maximum absolute atomic E-state index is 11.9. The highest BCUT2D eigenvalue weighted by molar-refractivity contribution is 5.76. The summed E-state index contributed by atoms with van der Waals surface area (Å²) in [5.74, 6) is 1.25. The molecule has 1 fully saturated rings. The Morgan fingerprint density at radius 2 is 2.08 bits per heavy atom. The number of carbonyl (C=O) groups excluding carboxylic acids is 1. The third kappa shape index (κ3) is 5.76. The number of carbonyl (C=O) groups is 1. The first-order valence-corrected chi connectivity index (χ1v) is 8.93. The molecule has 2 unspecified atom stereocenters. The van der Waals surface area contributed by atoms with Gasteiger partial charge in [-0.15, -0.1) is 0 Å². The van der Waals surface area contributed by atoms with Crippen LogP contribution < -0.4 is 10.2 Å². The van der Waals surface area contributed by atoms with Gasteiger partial charge in [0.2, 0.25) is 5.91 Å². The van der Waals surface area contributed by atoms with Crippen molar-refractivity contribution in [3.63, 3.8) is 0 Å². The largest absolute Gasteiger partial charge is 0.391 e. The number of amides is 1. The minimum atomic E-state index is -0.458. The molecule has 2 heterocycles. The summed E-state index contributed by atoms with van der Waals surface area (Å²) >= 11 is 0. The lowest BCUT2D eigenvalue weighted by atomic mass is 10.0. The molecule has 2 rings (SSSR count). The molecule has 1 aromatic heterocycles. The first kappa shape index (κ1) is 18.7. The van der Waals surface area contributed by atoms with Crippen molar-refractivity contribution in [1.82, 2.24) is 15.2 Å². The highest BCUT2D eigenvalue weighted by Crippen LogP contribution is 2.12. The molecule has 1 saturated heterocycles. The van der Waals surface area contributed by atoms with Gasteiger partial charge in [-0.1, -0.05) is 26.3 Å². The van der Waals surface area contributed by atoms with Crippen molar-refractivity contribution < 1.29 is 9.90 Å². The van der Waals surface area contributed by atoms with Crippen LogP contribution in [0, 0.1) is 5.92 Å². The molecule has 0 aromatic carbocycles. The molecule has 1 aliphatic heterocycles. The van der Waals surface area contributed by atoms with Gasteiger partial charge >= 0.3 is 0 Å². The second kappa shape index (κ2) is 9.59. The number of aromatic nitrogens is 1. The number of nitrogens with one attached hydrogen (secondary N) is 1. The lowest BCUT2D eigenvalue weighted by molar-refractivity contribution is -0.122. The molecule has 1 aromatic rings. The topological polar surface area (TPSA) is 68.7 Å². The van der Waals surface area contributed by atoms with Crippen molar-refractivity contribution in [3.8, 4) is 0 Å². The highest BCUT2D eigenvalue weighted by Gasteiger charge is 2.19. The summed E-state index contributed by atoms with van der Waals surface area (Å²) in [5, 5.41) is 12.7. The number of nitrogens with zero attached hydrogens (tertiary/aromatic N) is 3. The minimum absolute atomic E-state index is 0.0181. The first-order valence-electron chi connectivity index (χ1n) is 8.93. The second-order valence-electron chi connectivity index (χ2n) is 6.52. The fourth-order valence-electron chi connectivity index (χ4n) is 2.78. The van der Waals surface area contributed by atoms with Crippen molar-refractivity contribution in [2.45, 2.75) is 32.8 Å². The van der Waals surface area contributed by atoms with Gasteiger partial charge in [0.05, 0.1) is 6.10 Å². The van der Waals surface area contributed by atoms with Gasteiger partial charge in [0, 0.05) is 51.9 Å². The lowest BCUT2D eigenvalue weighted by Crippen LogP contribution is -2.47. The maximum atomic E-state index is 11.9. The van der Waals surface area contributed by atoms with E-state index in [-0.39, 0.29) is 11.8 Å². The van der Waals surface area contributed by atoms with E-state index >= 15 is 0 Å². The van der Waals surface area contributed by atoms with Gasteiger partial charge in [-0.05, 0) is 18.1 Å². The minimum Gasteiger partial charge on any atom is -0.391 e. The summed E-state index contributed by atoms with van der Waals surface area (Å²) in [6.45, 7) is 8.91. The predicted molar refractivity (Wildman–Crippen MR) is 96.0 cm³/mol. The van der Waals surface area contributed by atoms with Crippen LogP contribution >= 0.6 is 0 Å². The zero-order valence-electron chi connectivity index (χ0n) is 14.8. The third-order valence-electron chi connectivity index (χ3n) is 4.81. The van der Waals surface area contributed by atoms with Crippen LogP contribution in [0.2, 0.25) is 0 Å². The smallest absolute Gasteiger partial charge is 0.221 e. The van der Waals surface area contributed by atoms with Crippen LogP contribution in [-0.2, 0) is 4.79 Å². The maximum Gasteiger partial charge on any atom is 0.221 e. The average Bonchev–Trinajstić information content (AvgIpc) is 2.64. The van der Waals surface area contributed by atoms with Crippen LogP contribution in [-0.4, -0.2) is 66.3 Å². The summed E-state index contributed by atoms with van der Waals surface area (Å²) in [6, 6.07) is 5.97. The monoisotopic (exact) mass is 334 g/mol. The molecular weight excluding hydrogens is 304 g/mol. The molecule has 6 heteroatoms. The van der Waals surface area contributed by atoms with Gasteiger partial charge in [0.15, 0.2) is 0 Å². The summed E-state index contributed by atoms with van der Waals surface area (Å²) in [5.41, 5.74) is 0. The molecule has 0 bridgehead atoms. The molecular formula is C18H30N4O2. The Hall–Kier alpha value is -1.66. The molecule has 0 radical (unpaired) electrons.